The minimum absolute atomic E-state index is 0.0604. The smallest absolute Gasteiger partial charge is 0.257 e. The van der Waals surface area contributed by atoms with Gasteiger partial charge in [0.05, 0.1) is 22.3 Å². The monoisotopic (exact) mass is 591 g/mol. The number of benzene rings is 3. The second kappa shape index (κ2) is 12.7. The molecular formula is C31H28Cl2FN5O2. The minimum atomic E-state index is -0.616. The Morgan fingerprint density at radius 2 is 1.61 bits per heavy atom. The molecule has 1 aliphatic rings. The van der Waals surface area contributed by atoms with Crippen LogP contribution in [0.25, 0.3) is 11.3 Å². The molecule has 5 rings (SSSR count). The maximum atomic E-state index is 14.5. The van der Waals surface area contributed by atoms with Crippen LogP contribution in [0.1, 0.15) is 28.9 Å². The highest BCUT2D eigenvalue weighted by molar-refractivity contribution is 6.36. The van der Waals surface area contributed by atoms with E-state index in [9.17, 15) is 14.0 Å². The number of rotatable bonds is 7. The topological polar surface area (TPSA) is 69.6 Å². The zero-order valence-corrected chi connectivity index (χ0v) is 23.9. The first-order valence-corrected chi connectivity index (χ1v) is 14.0. The van der Waals surface area contributed by atoms with E-state index in [4.69, 9.17) is 23.2 Å². The maximum Gasteiger partial charge on any atom is 0.257 e. The number of carbonyl (C=O) groups is 2. The number of nitrogens with zero attached hydrogens (tertiary/aromatic N) is 5. The van der Waals surface area contributed by atoms with Gasteiger partial charge in [0.2, 0.25) is 5.91 Å². The molecule has 210 valence electrons. The van der Waals surface area contributed by atoms with Gasteiger partial charge in [-0.3, -0.25) is 9.59 Å². The molecule has 1 aromatic heterocycles. The number of halogens is 3. The van der Waals surface area contributed by atoms with Crippen molar-refractivity contribution in [2.45, 2.75) is 13.0 Å². The van der Waals surface area contributed by atoms with E-state index in [1.165, 1.54) is 23.1 Å². The normalized spacial score (nSPS) is 14.0. The Bertz CT molecular complexity index is 1530. The fourth-order valence-electron chi connectivity index (χ4n) is 4.85. The summed E-state index contributed by atoms with van der Waals surface area (Å²) in [6.45, 7) is 3.69. The first kappa shape index (κ1) is 28.5. The Kier molecular flexibility index (Phi) is 8.81. The predicted octanol–water partition coefficient (Wildman–Crippen LogP) is 6.14. The van der Waals surface area contributed by atoms with Gasteiger partial charge in [-0.05, 0) is 55.0 Å². The van der Waals surface area contributed by atoms with Gasteiger partial charge in [0.25, 0.3) is 5.91 Å². The molecule has 1 aliphatic heterocycles. The van der Waals surface area contributed by atoms with Crippen molar-refractivity contribution in [1.82, 2.24) is 20.0 Å². The van der Waals surface area contributed by atoms with Gasteiger partial charge >= 0.3 is 0 Å². The van der Waals surface area contributed by atoms with Crippen LogP contribution in [0, 0.1) is 5.82 Å². The van der Waals surface area contributed by atoms with Gasteiger partial charge < -0.3 is 14.7 Å². The lowest BCUT2D eigenvalue weighted by atomic mass is 10.0. The molecule has 41 heavy (non-hydrogen) atoms. The largest absolute Gasteiger partial charge is 0.352 e. The van der Waals surface area contributed by atoms with E-state index in [1.807, 2.05) is 49.4 Å². The summed E-state index contributed by atoms with van der Waals surface area (Å²) in [5, 5.41) is 9.75. The van der Waals surface area contributed by atoms with Crippen molar-refractivity contribution in [1.29, 1.82) is 0 Å². The lowest BCUT2D eigenvalue weighted by Gasteiger charge is -2.37. The van der Waals surface area contributed by atoms with Crippen LogP contribution >= 0.6 is 23.2 Å². The maximum absolute atomic E-state index is 14.5. The van der Waals surface area contributed by atoms with Crippen LogP contribution in [0.4, 0.5) is 10.2 Å². The van der Waals surface area contributed by atoms with Crippen LogP contribution in [-0.4, -0.2) is 64.5 Å². The SMILES string of the molecule is C[C@H](c1ccccc1)N(CC(=O)N1CCN(c2ccc(-c3ccc(Cl)cc3Cl)nn2)CC1)C(=O)c1ccccc1F. The summed E-state index contributed by atoms with van der Waals surface area (Å²) in [6, 6.07) is 23.8. The first-order chi connectivity index (χ1) is 19.8. The zero-order valence-electron chi connectivity index (χ0n) is 22.4. The lowest BCUT2D eigenvalue weighted by Crippen LogP contribution is -2.52. The summed E-state index contributed by atoms with van der Waals surface area (Å²) < 4.78 is 14.5. The average Bonchev–Trinajstić information content (AvgIpc) is 3.00. The number of hydrogen-bond acceptors (Lipinski definition) is 5. The van der Waals surface area contributed by atoms with E-state index in [0.717, 1.165) is 11.1 Å². The number of anilines is 1. The van der Waals surface area contributed by atoms with Crippen molar-refractivity contribution in [3.05, 3.63) is 112 Å². The minimum Gasteiger partial charge on any atom is -0.352 e. The van der Waals surface area contributed by atoms with Crippen molar-refractivity contribution < 1.29 is 14.0 Å². The van der Waals surface area contributed by atoms with Crippen molar-refractivity contribution in [3.8, 4) is 11.3 Å². The van der Waals surface area contributed by atoms with Crippen LogP contribution < -0.4 is 4.90 Å². The molecule has 1 saturated heterocycles. The summed E-state index contributed by atoms with van der Waals surface area (Å²) in [5.74, 6) is -0.646. The predicted molar refractivity (Wildman–Crippen MR) is 159 cm³/mol. The Morgan fingerprint density at radius 1 is 0.902 bits per heavy atom. The van der Waals surface area contributed by atoms with E-state index >= 15 is 0 Å². The molecule has 2 heterocycles. The van der Waals surface area contributed by atoms with Crippen LogP contribution in [0.3, 0.4) is 0 Å². The van der Waals surface area contributed by atoms with E-state index in [0.29, 0.717) is 47.7 Å². The molecule has 0 radical (unpaired) electrons. The van der Waals surface area contributed by atoms with Crippen LogP contribution in [0.2, 0.25) is 10.0 Å². The summed E-state index contributed by atoms with van der Waals surface area (Å²) in [5.41, 5.74) is 2.17. The summed E-state index contributed by atoms with van der Waals surface area (Å²) in [7, 11) is 0. The number of hydrogen-bond donors (Lipinski definition) is 0. The molecule has 10 heteroatoms. The molecule has 3 aromatic carbocycles. The lowest BCUT2D eigenvalue weighted by molar-refractivity contribution is -0.132. The van der Waals surface area contributed by atoms with Gasteiger partial charge in [-0.25, -0.2) is 4.39 Å². The van der Waals surface area contributed by atoms with E-state index in [2.05, 4.69) is 15.1 Å². The molecule has 4 aromatic rings. The Morgan fingerprint density at radius 3 is 2.27 bits per heavy atom. The first-order valence-electron chi connectivity index (χ1n) is 13.2. The second-order valence-corrected chi connectivity index (χ2v) is 10.6. The third kappa shape index (κ3) is 6.50. The quantitative estimate of drug-likeness (QED) is 0.258. The third-order valence-electron chi connectivity index (χ3n) is 7.23. The highest BCUT2D eigenvalue weighted by Crippen LogP contribution is 2.29. The van der Waals surface area contributed by atoms with E-state index < -0.39 is 17.8 Å². The molecule has 0 N–H and O–H groups in total. The molecule has 1 fully saturated rings. The molecule has 1 atom stereocenters. The van der Waals surface area contributed by atoms with Crippen molar-refractivity contribution in [2.24, 2.45) is 0 Å². The average molecular weight is 593 g/mol. The summed E-state index contributed by atoms with van der Waals surface area (Å²) >= 11 is 12.3. The van der Waals surface area contributed by atoms with Gasteiger partial charge in [-0.15, -0.1) is 10.2 Å². The van der Waals surface area contributed by atoms with Gasteiger partial charge in [0, 0.05) is 36.8 Å². The molecule has 7 nitrogen and oxygen atoms in total. The Balaban J connectivity index is 1.26. The molecule has 0 unspecified atom stereocenters. The number of amides is 2. The highest BCUT2D eigenvalue weighted by atomic mass is 35.5. The second-order valence-electron chi connectivity index (χ2n) is 9.77. The molecule has 0 saturated carbocycles. The number of aromatic nitrogens is 2. The molecule has 0 spiro atoms. The van der Waals surface area contributed by atoms with E-state index in [1.54, 1.807) is 29.2 Å². The van der Waals surface area contributed by atoms with E-state index in [-0.39, 0.29) is 18.0 Å². The molecular weight excluding hydrogens is 564 g/mol. The fourth-order valence-corrected chi connectivity index (χ4v) is 5.36. The van der Waals surface area contributed by atoms with Gasteiger partial charge in [-0.2, -0.15) is 0 Å². The number of piperazine rings is 1. The fraction of sp³-hybridized carbons (Fsp3) is 0.226. The third-order valence-corrected chi connectivity index (χ3v) is 7.78. The number of carbonyl (C=O) groups excluding carboxylic acids is 2. The van der Waals surface area contributed by atoms with Gasteiger partial charge in [-0.1, -0.05) is 65.7 Å². The Labute approximate surface area is 248 Å². The molecule has 0 bridgehead atoms. The zero-order chi connectivity index (χ0) is 28.9. The highest BCUT2D eigenvalue weighted by Gasteiger charge is 2.30. The molecule has 2 amide bonds. The van der Waals surface area contributed by atoms with Crippen molar-refractivity contribution in [3.63, 3.8) is 0 Å². The van der Waals surface area contributed by atoms with Gasteiger partial charge in [0.1, 0.15) is 12.4 Å². The Hall–Kier alpha value is -4.01. The van der Waals surface area contributed by atoms with Crippen LogP contribution in [-0.2, 0) is 4.79 Å². The molecule has 0 aliphatic carbocycles. The van der Waals surface area contributed by atoms with Crippen LogP contribution in [0.15, 0.2) is 84.9 Å². The summed E-state index contributed by atoms with van der Waals surface area (Å²) in [4.78, 5) is 32.1. The van der Waals surface area contributed by atoms with Crippen LogP contribution in [0.5, 0.6) is 0 Å². The van der Waals surface area contributed by atoms with Crippen molar-refractivity contribution in [2.75, 3.05) is 37.6 Å². The standard InChI is InChI=1S/C31H28Cl2FN5O2/c1-21(22-7-3-2-4-8-22)39(31(41)25-9-5-6-10-27(25)34)20-30(40)38-17-15-37(16-18-38)29-14-13-28(35-36-29)24-12-11-23(32)19-26(24)33/h2-14,19,21H,15-18,20H2,1H3/t21-/m1/s1. The van der Waals surface area contributed by atoms with Gasteiger partial charge in [0.15, 0.2) is 5.82 Å². The summed E-state index contributed by atoms with van der Waals surface area (Å²) in [6.07, 6.45) is 0. The van der Waals surface area contributed by atoms with Crippen molar-refractivity contribution >= 4 is 40.8 Å².